The average molecular weight is 339 g/mol. The molecule has 0 saturated carbocycles. The number of halogens is 5. The summed E-state index contributed by atoms with van der Waals surface area (Å²) < 4.78 is 58.5. The predicted octanol–water partition coefficient (Wildman–Crippen LogP) is 3.41. The number of hydrogen-bond acceptors (Lipinski definition) is 3. The maximum absolute atomic E-state index is 14.4. The number of nitrogens with one attached hydrogen (secondary N) is 2. The van der Waals surface area contributed by atoms with Crippen LogP contribution in [0.25, 0.3) is 0 Å². The van der Waals surface area contributed by atoms with Gasteiger partial charge in [-0.3, -0.25) is 5.32 Å². The molecular formula is C13H11ClF4N2O2. The topological polar surface area (TPSA) is 50.4 Å². The maximum atomic E-state index is 14.4. The Morgan fingerprint density at radius 3 is 2.77 bits per heavy atom. The van der Waals surface area contributed by atoms with Crippen molar-refractivity contribution in [2.75, 3.05) is 18.4 Å². The fourth-order valence-electron chi connectivity index (χ4n) is 2.95. The van der Waals surface area contributed by atoms with E-state index in [1.165, 1.54) is 12.1 Å². The van der Waals surface area contributed by atoms with Crippen molar-refractivity contribution in [2.45, 2.75) is 18.2 Å². The average Bonchev–Trinajstić information content (AvgIpc) is 2.41. The number of hydrogen-bond donors (Lipinski definition) is 2. The van der Waals surface area contributed by atoms with Crippen LogP contribution in [0.15, 0.2) is 12.1 Å². The summed E-state index contributed by atoms with van der Waals surface area (Å²) in [7, 11) is 0. The highest BCUT2D eigenvalue weighted by Crippen LogP contribution is 2.47. The first-order valence-electron chi connectivity index (χ1n) is 6.49. The minimum atomic E-state index is -4.48. The highest BCUT2D eigenvalue weighted by Gasteiger charge is 2.53. The lowest BCUT2D eigenvalue weighted by Crippen LogP contribution is -2.55. The number of benzene rings is 1. The molecule has 1 fully saturated rings. The molecule has 1 spiro atoms. The summed E-state index contributed by atoms with van der Waals surface area (Å²) in [5, 5.41) is 4.62. The second-order valence-corrected chi connectivity index (χ2v) is 5.77. The zero-order chi connectivity index (χ0) is 16.1. The van der Waals surface area contributed by atoms with Crippen molar-refractivity contribution in [3.05, 3.63) is 28.5 Å². The van der Waals surface area contributed by atoms with Gasteiger partial charge in [-0.15, -0.1) is 0 Å². The van der Waals surface area contributed by atoms with Crippen LogP contribution in [0.5, 0.6) is 0 Å². The van der Waals surface area contributed by atoms with E-state index in [-0.39, 0.29) is 29.4 Å². The number of amides is 1. The lowest BCUT2D eigenvalue weighted by molar-refractivity contribution is -0.196. The van der Waals surface area contributed by atoms with Gasteiger partial charge in [-0.1, -0.05) is 11.6 Å². The first kappa shape index (κ1) is 15.4. The molecule has 2 atom stereocenters. The summed E-state index contributed by atoms with van der Waals surface area (Å²) in [5.41, 5.74) is -1.81. The van der Waals surface area contributed by atoms with Crippen molar-refractivity contribution in [3.8, 4) is 0 Å². The maximum Gasteiger partial charge on any atom is 0.412 e. The van der Waals surface area contributed by atoms with Crippen LogP contribution < -0.4 is 10.6 Å². The van der Waals surface area contributed by atoms with E-state index in [9.17, 15) is 22.4 Å². The summed E-state index contributed by atoms with van der Waals surface area (Å²) in [4.78, 5) is 11.7. The third-order valence-corrected chi connectivity index (χ3v) is 4.21. The zero-order valence-corrected chi connectivity index (χ0v) is 11.8. The van der Waals surface area contributed by atoms with Gasteiger partial charge >= 0.3 is 12.3 Å². The Balaban J connectivity index is 2.11. The number of rotatable bonds is 0. The molecule has 0 aliphatic carbocycles. The van der Waals surface area contributed by atoms with Gasteiger partial charge in [0, 0.05) is 19.5 Å². The van der Waals surface area contributed by atoms with E-state index in [1.54, 1.807) is 0 Å². The molecule has 2 aliphatic rings. The molecule has 1 amide bonds. The van der Waals surface area contributed by atoms with E-state index in [2.05, 4.69) is 10.6 Å². The quantitative estimate of drug-likeness (QED) is 0.713. The Hall–Kier alpha value is -1.54. The Bertz CT molecular complexity index is 637. The van der Waals surface area contributed by atoms with Crippen molar-refractivity contribution in [3.63, 3.8) is 0 Å². The number of carbonyl (C=O) groups is 1. The van der Waals surface area contributed by atoms with Gasteiger partial charge in [0.25, 0.3) is 0 Å². The molecule has 1 saturated heterocycles. The summed E-state index contributed by atoms with van der Waals surface area (Å²) >= 11 is 5.72. The highest BCUT2D eigenvalue weighted by molar-refractivity contribution is 6.31. The summed E-state index contributed by atoms with van der Waals surface area (Å²) in [6.45, 7) is -0.426. The SMILES string of the molecule is O=C1Nc2ccc(Cl)c(F)c2C2(CNCC(C(F)(F)F)C2)O1. The van der Waals surface area contributed by atoms with Gasteiger partial charge in [-0.25, -0.2) is 9.18 Å². The molecular weight excluding hydrogens is 328 g/mol. The van der Waals surface area contributed by atoms with E-state index in [0.29, 0.717) is 0 Å². The van der Waals surface area contributed by atoms with Gasteiger partial charge in [-0.05, 0) is 12.1 Å². The minimum absolute atomic E-state index is 0.0720. The van der Waals surface area contributed by atoms with E-state index < -0.39 is 36.0 Å². The van der Waals surface area contributed by atoms with E-state index in [1.807, 2.05) is 0 Å². The van der Waals surface area contributed by atoms with Gasteiger partial charge < -0.3 is 10.1 Å². The number of carbonyl (C=O) groups excluding carboxylic acids is 1. The molecule has 9 heteroatoms. The van der Waals surface area contributed by atoms with Crippen molar-refractivity contribution in [1.82, 2.24) is 5.32 Å². The van der Waals surface area contributed by atoms with E-state index in [0.717, 1.165) is 0 Å². The van der Waals surface area contributed by atoms with Gasteiger partial charge in [-0.2, -0.15) is 13.2 Å². The first-order chi connectivity index (χ1) is 10.2. The number of alkyl halides is 3. The summed E-state index contributed by atoms with van der Waals surface area (Å²) in [6, 6.07) is 2.58. The smallest absolute Gasteiger partial charge is 0.412 e. The normalized spacial score (nSPS) is 28.0. The molecule has 0 bridgehead atoms. The van der Waals surface area contributed by atoms with Crippen LogP contribution >= 0.6 is 11.6 Å². The lowest BCUT2D eigenvalue weighted by Gasteiger charge is -2.44. The van der Waals surface area contributed by atoms with Gasteiger partial charge in [0.2, 0.25) is 0 Å². The first-order valence-corrected chi connectivity index (χ1v) is 6.87. The predicted molar refractivity (Wildman–Crippen MR) is 70.2 cm³/mol. The lowest BCUT2D eigenvalue weighted by atomic mass is 9.79. The number of anilines is 1. The molecule has 120 valence electrons. The largest absolute Gasteiger partial charge is 0.436 e. The Kier molecular flexibility index (Phi) is 3.48. The van der Waals surface area contributed by atoms with Crippen molar-refractivity contribution < 1.29 is 27.1 Å². The van der Waals surface area contributed by atoms with Crippen molar-refractivity contribution in [2.24, 2.45) is 5.92 Å². The zero-order valence-electron chi connectivity index (χ0n) is 11.1. The van der Waals surface area contributed by atoms with Crippen LogP contribution in [-0.2, 0) is 10.3 Å². The molecule has 2 aliphatic heterocycles. The summed E-state index contributed by atoms with van der Waals surface area (Å²) in [5.74, 6) is -2.64. The Morgan fingerprint density at radius 1 is 1.36 bits per heavy atom. The van der Waals surface area contributed by atoms with Crippen molar-refractivity contribution >= 4 is 23.4 Å². The van der Waals surface area contributed by atoms with Crippen LogP contribution in [0.4, 0.5) is 28.0 Å². The molecule has 1 aromatic rings. The van der Waals surface area contributed by atoms with Crippen LogP contribution in [0.3, 0.4) is 0 Å². The standard InChI is InChI=1S/C13H11ClF4N2O2/c14-7-1-2-8-9(10(7)15)12(22-11(21)20-8)3-6(4-19-5-12)13(16,17)18/h1-2,6,19H,3-5H2,(H,20,21). The molecule has 0 aromatic heterocycles. The van der Waals surface area contributed by atoms with E-state index in [4.69, 9.17) is 16.3 Å². The molecule has 4 nitrogen and oxygen atoms in total. The van der Waals surface area contributed by atoms with Crippen LogP contribution in [0, 0.1) is 11.7 Å². The minimum Gasteiger partial charge on any atom is -0.436 e. The molecule has 2 N–H and O–H groups in total. The molecule has 22 heavy (non-hydrogen) atoms. The van der Waals surface area contributed by atoms with Crippen molar-refractivity contribution in [1.29, 1.82) is 0 Å². The Labute approximate surface area is 127 Å². The third-order valence-electron chi connectivity index (χ3n) is 3.92. The Morgan fingerprint density at radius 2 is 2.09 bits per heavy atom. The second kappa shape index (κ2) is 4.99. The van der Waals surface area contributed by atoms with Gasteiger partial charge in [0.1, 0.15) is 0 Å². The molecule has 1 aromatic carbocycles. The van der Waals surface area contributed by atoms with Gasteiger partial charge in [0.15, 0.2) is 11.4 Å². The molecule has 2 heterocycles. The van der Waals surface area contributed by atoms with E-state index >= 15 is 0 Å². The fourth-order valence-corrected chi connectivity index (χ4v) is 3.11. The molecule has 2 unspecified atom stereocenters. The van der Waals surface area contributed by atoms with Gasteiger partial charge in [0.05, 0.1) is 22.2 Å². The number of ether oxygens (including phenoxy) is 1. The monoisotopic (exact) mass is 338 g/mol. The van der Waals surface area contributed by atoms with Crippen LogP contribution in [-0.4, -0.2) is 25.4 Å². The fraction of sp³-hybridized carbons (Fsp3) is 0.462. The summed E-state index contributed by atoms with van der Waals surface area (Å²) in [6.07, 6.45) is -5.95. The highest BCUT2D eigenvalue weighted by atomic mass is 35.5. The molecule has 3 rings (SSSR count). The number of fused-ring (bicyclic) bond motifs is 2. The molecule has 0 radical (unpaired) electrons. The number of piperidine rings is 1. The van der Waals surface area contributed by atoms with Crippen LogP contribution in [0.2, 0.25) is 5.02 Å². The second-order valence-electron chi connectivity index (χ2n) is 5.37. The third kappa shape index (κ3) is 2.40. The van der Waals surface area contributed by atoms with Crippen LogP contribution in [0.1, 0.15) is 12.0 Å².